The summed E-state index contributed by atoms with van der Waals surface area (Å²) in [5.41, 5.74) is 1.61. The van der Waals surface area contributed by atoms with E-state index in [1.54, 1.807) is 0 Å². The Hall–Kier alpha value is -1.39. The van der Waals surface area contributed by atoms with Gasteiger partial charge in [0.15, 0.2) is 0 Å². The highest BCUT2D eigenvalue weighted by Crippen LogP contribution is 2.24. The van der Waals surface area contributed by atoms with Crippen molar-refractivity contribution in [1.29, 1.82) is 0 Å². The van der Waals surface area contributed by atoms with Crippen LogP contribution in [0.3, 0.4) is 0 Å². The van der Waals surface area contributed by atoms with Crippen molar-refractivity contribution < 1.29 is 9.18 Å². The van der Waals surface area contributed by atoms with Crippen LogP contribution in [0.4, 0.5) is 10.1 Å². The number of hydrogen-bond acceptors (Lipinski definition) is 2. The Morgan fingerprint density at radius 1 is 1.42 bits per heavy atom. The maximum Gasteiger partial charge on any atom is 0.265 e. The van der Waals surface area contributed by atoms with Crippen molar-refractivity contribution in [3.63, 3.8) is 0 Å². The predicted octanol–water partition coefficient (Wildman–Crippen LogP) is 4.66. The summed E-state index contributed by atoms with van der Waals surface area (Å²) in [6, 6.07) is 5.98. The molecule has 0 aliphatic carbocycles. The number of hydrogen-bond donors (Lipinski definition) is 1. The lowest BCUT2D eigenvalue weighted by Gasteiger charge is -2.04. The molecule has 1 N–H and O–H groups in total. The minimum absolute atomic E-state index is 0.00518. The molecule has 1 aromatic heterocycles. The van der Waals surface area contributed by atoms with Gasteiger partial charge in [0.25, 0.3) is 5.91 Å². The number of anilines is 1. The van der Waals surface area contributed by atoms with Gasteiger partial charge >= 0.3 is 0 Å². The summed E-state index contributed by atoms with van der Waals surface area (Å²) < 4.78 is 13.0. The third-order valence-corrected chi connectivity index (χ3v) is 4.41. The topological polar surface area (TPSA) is 29.1 Å². The van der Waals surface area contributed by atoms with Crippen LogP contribution in [0.2, 0.25) is 5.02 Å². The summed E-state index contributed by atoms with van der Waals surface area (Å²) in [7, 11) is 0. The van der Waals surface area contributed by atoms with Gasteiger partial charge in [0.1, 0.15) is 5.82 Å². The molecule has 100 valence electrons. The summed E-state index contributed by atoms with van der Waals surface area (Å²) in [4.78, 5) is 13.9. The first kappa shape index (κ1) is 14.0. The molecule has 0 atom stereocenters. The Bertz CT molecular complexity index is 624. The van der Waals surface area contributed by atoms with E-state index in [2.05, 4.69) is 12.2 Å². The maximum atomic E-state index is 13.0. The Morgan fingerprint density at radius 3 is 2.74 bits per heavy atom. The number of carbonyl (C=O) groups excluding carboxylic acids is 1. The molecule has 0 aliphatic heterocycles. The van der Waals surface area contributed by atoms with Gasteiger partial charge in [-0.3, -0.25) is 4.79 Å². The molecule has 2 rings (SSSR count). The first-order chi connectivity index (χ1) is 9.01. The number of benzene rings is 1. The molecule has 5 heteroatoms. The Balaban J connectivity index is 2.18. The number of halogens is 2. The third-order valence-electron chi connectivity index (χ3n) is 2.74. The molecule has 0 radical (unpaired) electrons. The smallest absolute Gasteiger partial charge is 0.265 e. The number of carbonyl (C=O) groups is 1. The lowest BCUT2D eigenvalue weighted by Crippen LogP contribution is -2.10. The molecule has 0 aliphatic rings. The molecule has 1 aromatic carbocycles. The van der Waals surface area contributed by atoms with E-state index >= 15 is 0 Å². The van der Waals surface area contributed by atoms with Crippen LogP contribution in [0.15, 0.2) is 24.3 Å². The van der Waals surface area contributed by atoms with Crippen LogP contribution < -0.4 is 5.32 Å². The van der Waals surface area contributed by atoms with Gasteiger partial charge in [-0.25, -0.2) is 4.39 Å². The minimum atomic E-state index is -0.500. The highest BCUT2D eigenvalue weighted by atomic mass is 35.5. The first-order valence-corrected chi connectivity index (χ1v) is 7.06. The van der Waals surface area contributed by atoms with E-state index < -0.39 is 5.82 Å². The van der Waals surface area contributed by atoms with Gasteiger partial charge in [0.05, 0.1) is 9.90 Å². The fourth-order valence-electron chi connectivity index (χ4n) is 1.75. The SMILES string of the molecule is CCc1sc(C(=O)Nc2ccc(F)c(Cl)c2)cc1C. The van der Waals surface area contributed by atoms with Crippen molar-refractivity contribution in [2.45, 2.75) is 20.3 Å². The lowest BCUT2D eigenvalue weighted by atomic mass is 10.2. The van der Waals surface area contributed by atoms with Gasteiger partial charge in [-0.15, -0.1) is 11.3 Å². The van der Waals surface area contributed by atoms with Gasteiger partial charge in [-0.05, 0) is 43.2 Å². The molecule has 0 saturated heterocycles. The van der Waals surface area contributed by atoms with Gasteiger partial charge in [0, 0.05) is 10.6 Å². The quantitative estimate of drug-likeness (QED) is 0.877. The summed E-state index contributed by atoms with van der Waals surface area (Å²) >= 11 is 7.15. The lowest BCUT2D eigenvalue weighted by molar-refractivity contribution is 0.103. The average molecular weight is 298 g/mol. The van der Waals surface area contributed by atoms with E-state index in [0.717, 1.165) is 12.0 Å². The van der Waals surface area contributed by atoms with E-state index in [1.807, 2.05) is 13.0 Å². The molecule has 0 saturated carbocycles. The largest absolute Gasteiger partial charge is 0.321 e. The zero-order chi connectivity index (χ0) is 14.0. The Kier molecular flexibility index (Phi) is 4.22. The van der Waals surface area contributed by atoms with Crippen molar-refractivity contribution in [2.75, 3.05) is 5.32 Å². The van der Waals surface area contributed by atoms with Crippen molar-refractivity contribution in [1.82, 2.24) is 0 Å². The van der Waals surface area contributed by atoms with Gasteiger partial charge in [-0.1, -0.05) is 18.5 Å². The predicted molar refractivity (Wildman–Crippen MR) is 77.8 cm³/mol. The first-order valence-electron chi connectivity index (χ1n) is 5.87. The molecular weight excluding hydrogens is 285 g/mol. The Labute approximate surface area is 120 Å². The summed E-state index contributed by atoms with van der Waals surface area (Å²) in [5, 5.41) is 2.71. The monoisotopic (exact) mass is 297 g/mol. The molecule has 2 nitrogen and oxygen atoms in total. The van der Waals surface area contributed by atoms with Gasteiger partial charge < -0.3 is 5.32 Å². The van der Waals surface area contributed by atoms with E-state index in [4.69, 9.17) is 11.6 Å². The van der Waals surface area contributed by atoms with E-state index in [1.165, 1.54) is 34.4 Å². The third kappa shape index (κ3) is 3.14. The second-order valence-corrected chi connectivity index (χ2v) is 5.70. The number of amides is 1. The molecule has 0 unspecified atom stereocenters. The number of thiophene rings is 1. The van der Waals surface area contributed by atoms with Crippen molar-refractivity contribution in [3.8, 4) is 0 Å². The van der Waals surface area contributed by atoms with Crippen LogP contribution in [0, 0.1) is 12.7 Å². The molecule has 0 fully saturated rings. The van der Waals surface area contributed by atoms with Crippen LogP contribution >= 0.6 is 22.9 Å². The fourth-order valence-corrected chi connectivity index (χ4v) is 2.94. The number of nitrogens with one attached hydrogen (secondary N) is 1. The molecule has 1 heterocycles. The second-order valence-electron chi connectivity index (χ2n) is 4.15. The summed E-state index contributed by atoms with van der Waals surface area (Å²) in [5.74, 6) is -0.699. The molecule has 0 bridgehead atoms. The zero-order valence-electron chi connectivity index (χ0n) is 10.6. The van der Waals surface area contributed by atoms with E-state index in [0.29, 0.717) is 10.6 Å². The van der Waals surface area contributed by atoms with Crippen molar-refractivity contribution in [3.05, 3.63) is 50.4 Å². The van der Waals surface area contributed by atoms with Gasteiger partial charge in [0.2, 0.25) is 0 Å². The Morgan fingerprint density at radius 2 is 2.16 bits per heavy atom. The van der Waals surface area contributed by atoms with Crippen LogP contribution in [0.1, 0.15) is 27.0 Å². The number of aryl methyl sites for hydroxylation is 2. The minimum Gasteiger partial charge on any atom is -0.321 e. The van der Waals surface area contributed by atoms with E-state index in [9.17, 15) is 9.18 Å². The summed E-state index contributed by atoms with van der Waals surface area (Å²) in [6.45, 7) is 4.04. The molecule has 1 amide bonds. The van der Waals surface area contributed by atoms with Crippen molar-refractivity contribution >= 4 is 34.5 Å². The van der Waals surface area contributed by atoms with Crippen LogP contribution in [-0.2, 0) is 6.42 Å². The highest BCUT2D eigenvalue weighted by molar-refractivity contribution is 7.14. The maximum absolute atomic E-state index is 13.0. The average Bonchev–Trinajstić information content (AvgIpc) is 2.75. The van der Waals surface area contributed by atoms with Crippen LogP contribution in [0.25, 0.3) is 0 Å². The van der Waals surface area contributed by atoms with E-state index in [-0.39, 0.29) is 10.9 Å². The van der Waals surface area contributed by atoms with Crippen LogP contribution in [0.5, 0.6) is 0 Å². The fraction of sp³-hybridized carbons (Fsp3) is 0.214. The zero-order valence-corrected chi connectivity index (χ0v) is 12.2. The molecule has 19 heavy (non-hydrogen) atoms. The van der Waals surface area contributed by atoms with Gasteiger partial charge in [-0.2, -0.15) is 0 Å². The second kappa shape index (κ2) is 5.72. The standard InChI is InChI=1S/C14H13ClFNOS/c1-3-12-8(2)6-13(19-12)14(18)17-9-4-5-11(16)10(15)7-9/h4-7H,3H2,1-2H3,(H,17,18). The summed E-state index contributed by atoms with van der Waals surface area (Å²) in [6.07, 6.45) is 0.909. The molecule has 2 aromatic rings. The van der Waals surface area contributed by atoms with Crippen LogP contribution in [-0.4, -0.2) is 5.91 Å². The highest BCUT2D eigenvalue weighted by Gasteiger charge is 2.12. The van der Waals surface area contributed by atoms with Crippen molar-refractivity contribution in [2.24, 2.45) is 0 Å². The normalized spacial score (nSPS) is 10.5. The molecular formula is C14H13ClFNOS. The molecule has 0 spiro atoms. The number of rotatable bonds is 3.